The summed E-state index contributed by atoms with van der Waals surface area (Å²) < 4.78 is 12.8. The van der Waals surface area contributed by atoms with Gasteiger partial charge in [0, 0.05) is 55.2 Å². The van der Waals surface area contributed by atoms with Gasteiger partial charge in [-0.05, 0) is 123 Å². The Bertz CT molecular complexity index is 2940. The van der Waals surface area contributed by atoms with E-state index in [0.29, 0.717) is 42.1 Å². The minimum Gasteiger partial charge on any atom is -1.00 e. The topological polar surface area (TPSA) is 187 Å². The number of phenolic OH excluding ortho intramolecular Hbond substituents is 2. The maximum atomic E-state index is 11.5. The van der Waals surface area contributed by atoms with Crippen LogP contribution in [0.25, 0.3) is 0 Å². The Hall–Kier alpha value is -6.45. The van der Waals surface area contributed by atoms with Gasteiger partial charge in [-0.25, -0.2) is 4.58 Å². The number of benzene rings is 6. The lowest BCUT2D eigenvalue weighted by Crippen LogP contribution is -3.00. The van der Waals surface area contributed by atoms with Gasteiger partial charge in [-0.2, -0.15) is 0 Å². The Morgan fingerprint density at radius 1 is 0.592 bits per heavy atom. The largest absolute Gasteiger partial charge is 1.00 e. The van der Waals surface area contributed by atoms with Gasteiger partial charge < -0.3 is 62.5 Å². The molecule has 0 spiro atoms. The summed E-state index contributed by atoms with van der Waals surface area (Å²) in [4.78, 5) is 15.7. The van der Waals surface area contributed by atoms with Crippen molar-refractivity contribution >= 4 is 12.6 Å². The number of aliphatic hydroxyl groups is 4. The van der Waals surface area contributed by atoms with Crippen molar-refractivity contribution in [2.24, 2.45) is 0 Å². The van der Waals surface area contributed by atoms with Gasteiger partial charge in [-0.1, -0.05) is 66.7 Å². The highest BCUT2D eigenvalue weighted by molar-refractivity contribution is 5.81. The summed E-state index contributed by atoms with van der Waals surface area (Å²) in [5.74, 6) is 1.54. The molecule has 0 aliphatic carbocycles. The lowest BCUT2D eigenvalue weighted by Gasteiger charge is -2.41. The molecular weight excluding hydrogens is 922 g/mol. The van der Waals surface area contributed by atoms with Crippen LogP contribution in [0.1, 0.15) is 102 Å². The first-order valence-electron chi connectivity index (χ1n) is 24.0. The van der Waals surface area contributed by atoms with Crippen LogP contribution in [0.2, 0.25) is 0 Å². The van der Waals surface area contributed by atoms with E-state index >= 15 is 0 Å². The number of amides is 1. The maximum Gasteiger partial charge on any atom is 0.210 e. The molecule has 5 aliphatic rings. The van der Waals surface area contributed by atoms with Crippen LogP contribution >= 0.6 is 0 Å². The number of methoxy groups -OCH3 is 2. The lowest BCUT2D eigenvalue weighted by molar-refractivity contribution is -0.573. The number of rotatable bonds is 9. The van der Waals surface area contributed by atoms with Crippen LogP contribution in [-0.4, -0.2) is 96.6 Å². The third-order valence-electron chi connectivity index (χ3n) is 14.8. The van der Waals surface area contributed by atoms with Gasteiger partial charge in [0.15, 0.2) is 35.3 Å². The molecule has 71 heavy (non-hydrogen) atoms. The highest BCUT2D eigenvalue weighted by Gasteiger charge is 2.36. The standard InChI is InChI=1S/C19H21NO4.C19H21NO3.C19H19NO3.ClH/c21-10-14-2-4-17-15(7-14)5-6-20(12-23)18(17)8-13-1-3-16(11-22)19(24)9-13;2*1-23-19-9-15-10-20-5-4-13-6-12(11-21)2-3-16(13)17(20)7-14(15)8-18(19)22;/h1-4,7,9,12,18,21-22,24H,5-6,8,10-11H2;2-3,6,8-9,17,21-22H,4-5,7,10-11H2,1H3;2-3,6,8-10,17,21H,4-5,7,11H2,1H3;1H. The van der Waals surface area contributed by atoms with E-state index in [1.807, 2.05) is 60.7 Å². The van der Waals surface area contributed by atoms with Crippen LogP contribution in [0.15, 0.2) is 97.1 Å². The number of fused-ring (bicyclic) bond motifs is 9. The number of carbonyl (C=O) groups is 1. The van der Waals surface area contributed by atoms with Gasteiger partial charge in [0.1, 0.15) is 12.3 Å². The molecule has 0 saturated carbocycles. The van der Waals surface area contributed by atoms with E-state index in [9.17, 15) is 35.4 Å². The number of ether oxygens (including phenoxy) is 2. The van der Waals surface area contributed by atoms with Gasteiger partial charge in [-0.15, -0.1) is 0 Å². The Kier molecular flexibility index (Phi) is 16.0. The first-order chi connectivity index (χ1) is 34.0. The van der Waals surface area contributed by atoms with Crippen LogP contribution in [-0.2, 0) is 76.3 Å². The zero-order valence-corrected chi connectivity index (χ0v) is 40.9. The molecular formula is C57H62ClN3O10. The fourth-order valence-electron chi connectivity index (χ4n) is 11.0. The minimum absolute atomic E-state index is 0. The van der Waals surface area contributed by atoms with Crippen molar-refractivity contribution in [3.8, 4) is 28.7 Å². The quantitative estimate of drug-likeness (QED) is 0.0833. The fraction of sp³-hybridized carbons (Fsp3) is 0.333. The summed E-state index contributed by atoms with van der Waals surface area (Å²) in [6.07, 6.45) is 8.18. The number of hydrogen-bond donors (Lipinski definition) is 7. The number of hydrogen-bond acceptors (Lipinski definition) is 11. The molecule has 0 radical (unpaired) electrons. The Morgan fingerprint density at radius 2 is 1.18 bits per heavy atom. The van der Waals surface area contributed by atoms with E-state index in [4.69, 9.17) is 14.6 Å². The average molecular weight is 985 g/mol. The van der Waals surface area contributed by atoms with E-state index in [1.165, 1.54) is 33.4 Å². The van der Waals surface area contributed by atoms with Gasteiger partial charge >= 0.3 is 0 Å². The van der Waals surface area contributed by atoms with Crippen molar-refractivity contribution in [1.82, 2.24) is 9.80 Å². The summed E-state index contributed by atoms with van der Waals surface area (Å²) in [6.45, 7) is 3.50. The summed E-state index contributed by atoms with van der Waals surface area (Å²) in [5.41, 5.74) is 16.5. The van der Waals surface area contributed by atoms with Gasteiger partial charge in [-0.3, -0.25) is 9.69 Å². The smallest absolute Gasteiger partial charge is 0.210 e. The van der Waals surface area contributed by atoms with Crippen molar-refractivity contribution in [2.45, 2.75) is 89.6 Å². The summed E-state index contributed by atoms with van der Waals surface area (Å²) in [7, 11) is 3.16. The molecule has 3 atom stereocenters. The second kappa shape index (κ2) is 22.3. The Balaban J connectivity index is 0.000000142. The maximum absolute atomic E-state index is 11.5. The molecule has 3 unspecified atom stereocenters. The molecule has 0 saturated heterocycles. The first-order valence-corrected chi connectivity index (χ1v) is 24.0. The molecule has 372 valence electrons. The van der Waals surface area contributed by atoms with Gasteiger partial charge in [0.25, 0.3) is 0 Å². The number of carbonyl (C=O) groups excluding carboxylic acids is 1. The van der Waals surface area contributed by atoms with Crippen LogP contribution < -0.4 is 21.9 Å². The van der Waals surface area contributed by atoms with E-state index in [-0.39, 0.29) is 62.1 Å². The molecule has 6 aromatic rings. The summed E-state index contributed by atoms with van der Waals surface area (Å²) in [5, 5.41) is 67.2. The molecule has 0 aromatic heterocycles. The monoisotopic (exact) mass is 983 g/mol. The number of aliphatic hydroxyl groups excluding tert-OH is 4. The molecule has 14 heteroatoms. The first kappa shape index (κ1) is 50.9. The average Bonchev–Trinajstić information content (AvgIpc) is 3.39. The van der Waals surface area contributed by atoms with Crippen LogP contribution in [0.3, 0.4) is 0 Å². The van der Waals surface area contributed by atoms with Gasteiger partial charge in [0.2, 0.25) is 6.41 Å². The SMILES string of the molecule is COc1cc2c(cc1O)CC1c3ccc(CO)cc3CCN1C2.COc1cc2c(cc1O)CC1c3ccc(CO)cc3CC[N+]1=C2.O=CN1CCc2cc(CO)ccc2C1Cc1ccc(CO)c(O)c1.[Cl-]. The second-order valence-corrected chi connectivity index (χ2v) is 18.8. The van der Waals surface area contributed by atoms with Crippen LogP contribution in [0.5, 0.6) is 28.7 Å². The van der Waals surface area contributed by atoms with E-state index in [0.717, 1.165) is 103 Å². The second-order valence-electron chi connectivity index (χ2n) is 18.8. The molecule has 6 aromatic carbocycles. The molecule has 0 fully saturated rings. The predicted molar refractivity (Wildman–Crippen MR) is 264 cm³/mol. The zero-order valence-electron chi connectivity index (χ0n) is 40.1. The molecule has 7 N–H and O–H groups in total. The number of halogens is 1. The molecule has 5 aliphatic heterocycles. The summed E-state index contributed by atoms with van der Waals surface area (Å²) in [6, 6.07) is 31.7. The number of aromatic hydroxyl groups is 3. The van der Waals surface area contributed by atoms with Gasteiger partial charge in [0.05, 0.1) is 46.7 Å². The molecule has 13 nitrogen and oxygen atoms in total. The van der Waals surface area contributed by atoms with Crippen molar-refractivity contribution < 1.29 is 67.0 Å². The molecule has 1 amide bonds. The summed E-state index contributed by atoms with van der Waals surface area (Å²) >= 11 is 0. The predicted octanol–water partition coefficient (Wildman–Crippen LogP) is 3.41. The van der Waals surface area contributed by atoms with Crippen molar-refractivity contribution in [3.63, 3.8) is 0 Å². The van der Waals surface area contributed by atoms with Crippen molar-refractivity contribution in [3.05, 3.63) is 181 Å². The number of nitrogens with zero attached hydrogens (tertiary/aromatic N) is 3. The molecule has 5 heterocycles. The zero-order chi connectivity index (χ0) is 49.1. The fourth-order valence-corrected chi connectivity index (χ4v) is 11.0. The minimum atomic E-state index is -0.206. The third-order valence-corrected chi connectivity index (χ3v) is 14.8. The highest BCUT2D eigenvalue weighted by Crippen LogP contribution is 2.42. The Morgan fingerprint density at radius 3 is 1.82 bits per heavy atom. The molecule has 0 bridgehead atoms. The van der Waals surface area contributed by atoms with Crippen molar-refractivity contribution in [1.29, 1.82) is 0 Å². The lowest BCUT2D eigenvalue weighted by atomic mass is 9.83. The third kappa shape index (κ3) is 10.6. The van der Waals surface area contributed by atoms with E-state index in [2.05, 4.69) is 40.0 Å². The Labute approximate surface area is 420 Å². The molecule has 11 rings (SSSR count). The van der Waals surface area contributed by atoms with Crippen LogP contribution in [0, 0.1) is 0 Å². The highest BCUT2D eigenvalue weighted by atomic mass is 35.5. The number of phenols is 3. The van der Waals surface area contributed by atoms with E-state index in [1.54, 1.807) is 31.3 Å². The van der Waals surface area contributed by atoms with Crippen molar-refractivity contribution in [2.75, 3.05) is 33.9 Å². The van der Waals surface area contributed by atoms with Crippen LogP contribution in [0.4, 0.5) is 0 Å². The normalized spacial score (nSPS) is 18.0. The van der Waals surface area contributed by atoms with E-state index < -0.39 is 0 Å².